The second-order valence-electron chi connectivity index (χ2n) is 10.1. The highest BCUT2D eigenvalue weighted by Gasteiger charge is 2.34. The molecule has 1 aromatic heterocycles. The molecule has 1 aliphatic heterocycles. The van der Waals surface area contributed by atoms with Crippen LogP contribution >= 0.6 is 0 Å². The van der Waals surface area contributed by atoms with Crippen LogP contribution in [0.5, 0.6) is 0 Å². The van der Waals surface area contributed by atoms with E-state index in [1.54, 1.807) is 0 Å². The molecule has 1 fully saturated rings. The maximum Gasteiger partial charge on any atom is 0.405 e. The zero-order valence-corrected chi connectivity index (χ0v) is 23.7. The fourth-order valence-electron chi connectivity index (χ4n) is 5.21. The lowest BCUT2D eigenvalue weighted by Crippen LogP contribution is -2.53. The quantitative estimate of drug-likeness (QED) is 0.254. The van der Waals surface area contributed by atoms with Crippen LogP contribution in [0.4, 0.5) is 28.0 Å². The highest BCUT2D eigenvalue weighted by atomic mass is 32.2. The largest absolute Gasteiger partial charge is 0.465 e. The second-order valence-corrected chi connectivity index (χ2v) is 12.0. The summed E-state index contributed by atoms with van der Waals surface area (Å²) >= 11 is 0. The Bertz CT molecular complexity index is 1570. The van der Waals surface area contributed by atoms with Crippen LogP contribution in [-0.4, -0.2) is 72.8 Å². The molecule has 230 valence electrons. The van der Waals surface area contributed by atoms with Crippen molar-refractivity contribution in [1.82, 2.24) is 19.9 Å². The van der Waals surface area contributed by atoms with Gasteiger partial charge < -0.3 is 21.1 Å². The van der Waals surface area contributed by atoms with Crippen molar-refractivity contribution in [1.29, 1.82) is 0 Å². The monoisotopic (exact) mass is 623 g/mol. The molecule has 0 saturated carbocycles. The average molecular weight is 624 g/mol. The predicted octanol–water partition coefficient (Wildman–Crippen LogP) is 3.21. The number of sulfonamides is 1. The van der Waals surface area contributed by atoms with Crippen LogP contribution in [0.25, 0.3) is 0 Å². The van der Waals surface area contributed by atoms with Crippen molar-refractivity contribution in [2.45, 2.75) is 30.8 Å². The SMILES string of the molecule is CS(=O)(=O)N1CCNC[C@H]1CCc1c(F)cncc1NC(=O)[C@@H](NC(=O)O)[C@@H](c1ccc(F)cc1)c1cc(F)cc(F)c1. The van der Waals surface area contributed by atoms with Crippen molar-refractivity contribution in [3.63, 3.8) is 0 Å². The molecule has 0 unspecified atom stereocenters. The van der Waals surface area contributed by atoms with E-state index in [9.17, 15) is 36.3 Å². The van der Waals surface area contributed by atoms with E-state index in [-0.39, 0.29) is 41.8 Å². The number of halogens is 4. The van der Waals surface area contributed by atoms with Gasteiger partial charge in [-0.05, 0) is 48.2 Å². The number of nitrogens with zero attached hydrogens (tertiary/aromatic N) is 2. The lowest BCUT2D eigenvalue weighted by molar-refractivity contribution is -0.118. The van der Waals surface area contributed by atoms with Gasteiger partial charge in [-0.2, -0.15) is 4.31 Å². The Morgan fingerprint density at radius 2 is 1.72 bits per heavy atom. The number of nitrogens with one attached hydrogen (secondary N) is 3. The van der Waals surface area contributed by atoms with Gasteiger partial charge in [-0.15, -0.1) is 0 Å². The molecule has 1 saturated heterocycles. The smallest absolute Gasteiger partial charge is 0.405 e. The summed E-state index contributed by atoms with van der Waals surface area (Å²) in [6, 6.07) is 4.79. The van der Waals surface area contributed by atoms with Gasteiger partial charge in [0.15, 0.2) is 0 Å². The number of carbonyl (C=O) groups excluding carboxylic acids is 1. The number of hydrogen-bond acceptors (Lipinski definition) is 6. The molecule has 15 heteroatoms. The van der Waals surface area contributed by atoms with Gasteiger partial charge in [-0.25, -0.2) is 30.8 Å². The summed E-state index contributed by atoms with van der Waals surface area (Å²) in [7, 11) is -3.54. The first-order valence-electron chi connectivity index (χ1n) is 13.1. The molecule has 3 aromatic rings. The van der Waals surface area contributed by atoms with E-state index >= 15 is 4.39 Å². The third kappa shape index (κ3) is 8.06. The van der Waals surface area contributed by atoms with E-state index < -0.39 is 63.3 Å². The molecule has 4 N–H and O–H groups in total. The molecule has 2 heterocycles. The second kappa shape index (κ2) is 13.5. The van der Waals surface area contributed by atoms with Crippen LogP contribution in [0.15, 0.2) is 54.9 Å². The number of benzene rings is 2. The zero-order chi connectivity index (χ0) is 31.3. The number of hydrogen-bond donors (Lipinski definition) is 4. The van der Waals surface area contributed by atoms with Crippen molar-refractivity contribution in [3.8, 4) is 0 Å². The minimum atomic E-state index is -3.54. The summed E-state index contributed by atoms with van der Waals surface area (Å²) in [5.41, 5.74) is -0.0865. The molecular weight excluding hydrogens is 594 g/mol. The maximum atomic E-state index is 15.0. The molecule has 0 radical (unpaired) electrons. The molecule has 1 aliphatic rings. The van der Waals surface area contributed by atoms with Gasteiger partial charge in [-0.3, -0.25) is 9.78 Å². The van der Waals surface area contributed by atoms with E-state index in [0.717, 1.165) is 42.9 Å². The lowest BCUT2D eigenvalue weighted by atomic mass is 9.84. The molecule has 10 nitrogen and oxygen atoms in total. The van der Waals surface area contributed by atoms with E-state index in [1.807, 2.05) is 0 Å². The number of anilines is 1. The Morgan fingerprint density at radius 3 is 2.35 bits per heavy atom. The van der Waals surface area contributed by atoms with Gasteiger partial charge in [-0.1, -0.05) is 12.1 Å². The minimum absolute atomic E-state index is 0.00779. The highest BCUT2D eigenvalue weighted by Crippen LogP contribution is 2.31. The number of piperazine rings is 1. The first-order chi connectivity index (χ1) is 20.3. The standard InChI is InChI=1S/C28H29F4N5O5S/c1-43(41,42)37-9-8-33-13-21(37)6-7-22-23(32)14-34-15-24(22)35-27(38)26(36-28(39)40)25(16-2-4-18(29)5-3-16)17-10-19(30)12-20(31)11-17/h2-5,10-12,14-15,21,25-26,33,36H,6-9,13H2,1H3,(H,35,38)(H,39,40)/t21-,25+,26+/m1/s1. The van der Waals surface area contributed by atoms with Crippen molar-refractivity contribution in [3.05, 3.63) is 94.8 Å². The summed E-state index contributed by atoms with van der Waals surface area (Å²) in [5.74, 6) is -5.78. The molecule has 0 bridgehead atoms. The molecule has 2 amide bonds. The molecular formula is C28H29F4N5O5S. The van der Waals surface area contributed by atoms with Gasteiger partial charge in [0.1, 0.15) is 29.3 Å². The molecule has 2 aromatic carbocycles. The average Bonchev–Trinajstić information content (AvgIpc) is 2.92. The number of carbonyl (C=O) groups is 2. The number of aromatic nitrogens is 1. The van der Waals surface area contributed by atoms with Crippen LogP contribution in [0.3, 0.4) is 0 Å². The Morgan fingerprint density at radius 1 is 1.05 bits per heavy atom. The van der Waals surface area contributed by atoms with Gasteiger partial charge in [0, 0.05) is 43.2 Å². The Labute approximate surface area is 245 Å². The minimum Gasteiger partial charge on any atom is -0.465 e. The van der Waals surface area contributed by atoms with Crippen LogP contribution in [-0.2, 0) is 21.2 Å². The number of rotatable bonds is 10. The maximum absolute atomic E-state index is 15.0. The number of amides is 2. The van der Waals surface area contributed by atoms with E-state index in [0.29, 0.717) is 19.2 Å². The first-order valence-corrected chi connectivity index (χ1v) is 15.0. The molecule has 0 aliphatic carbocycles. The fraction of sp³-hybridized carbons (Fsp3) is 0.321. The predicted molar refractivity (Wildman–Crippen MR) is 149 cm³/mol. The highest BCUT2D eigenvalue weighted by molar-refractivity contribution is 7.88. The summed E-state index contributed by atoms with van der Waals surface area (Å²) in [5, 5.41) is 17.2. The van der Waals surface area contributed by atoms with E-state index in [2.05, 4.69) is 20.9 Å². The normalized spacial score (nSPS) is 17.2. The number of pyridine rings is 1. The third-order valence-electron chi connectivity index (χ3n) is 7.08. The lowest BCUT2D eigenvalue weighted by Gasteiger charge is -2.34. The van der Waals surface area contributed by atoms with Gasteiger partial charge in [0.2, 0.25) is 15.9 Å². The van der Waals surface area contributed by atoms with Crippen molar-refractivity contribution < 1.29 is 40.7 Å². The van der Waals surface area contributed by atoms with Crippen molar-refractivity contribution in [2.75, 3.05) is 31.2 Å². The summed E-state index contributed by atoms with van der Waals surface area (Å²) in [6.07, 6.45) is 1.67. The Balaban J connectivity index is 1.68. The van der Waals surface area contributed by atoms with Gasteiger partial charge in [0.25, 0.3) is 0 Å². The Hall–Kier alpha value is -4.08. The van der Waals surface area contributed by atoms with Crippen LogP contribution in [0.2, 0.25) is 0 Å². The van der Waals surface area contributed by atoms with Gasteiger partial charge in [0.05, 0.1) is 24.3 Å². The first kappa shape index (κ1) is 31.8. The molecule has 4 rings (SSSR count). The summed E-state index contributed by atoms with van der Waals surface area (Å²) in [6.45, 7) is 1.02. The van der Waals surface area contributed by atoms with Crippen molar-refractivity contribution >= 4 is 27.7 Å². The van der Waals surface area contributed by atoms with Crippen LogP contribution in [0.1, 0.15) is 29.0 Å². The molecule has 3 atom stereocenters. The zero-order valence-electron chi connectivity index (χ0n) is 22.9. The Kier molecular flexibility index (Phi) is 9.98. The fourth-order valence-corrected chi connectivity index (χ4v) is 6.35. The van der Waals surface area contributed by atoms with Crippen LogP contribution in [0, 0.1) is 23.3 Å². The molecule has 0 spiro atoms. The topological polar surface area (TPSA) is 141 Å². The summed E-state index contributed by atoms with van der Waals surface area (Å²) in [4.78, 5) is 29.3. The third-order valence-corrected chi connectivity index (χ3v) is 8.41. The van der Waals surface area contributed by atoms with E-state index in [4.69, 9.17) is 0 Å². The van der Waals surface area contributed by atoms with Crippen molar-refractivity contribution in [2.24, 2.45) is 0 Å². The summed E-state index contributed by atoms with van der Waals surface area (Å²) < 4.78 is 83.0. The van der Waals surface area contributed by atoms with Crippen LogP contribution < -0.4 is 16.0 Å². The van der Waals surface area contributed by atoms with E-state index in [1.165, 1.54) is 16.4 Å². The van der Waals surface area contributed by atoms with Gasteiger partial charge >= 0.3 is 6.09 Å². The molecule has 43 heavy (non-hydrogen) atoms. The number of carboxylic acid groups (broad SMARTS) is 1.